The standard InChI is InChI=1S/C24H30N4O2S2/c1-4-31-19-8-6-18(7-9-19)23(29)25-11-12-27-13-15-28(16-14-27)24-26-21-20(30-3)10-5-17(2)22(21)32-24/h5-10H,4,11-16H2,1-3H3,(H,25,29). The van der Waals surface area contributed by atoms with Crippen LogP contribution in [0.15, 0.2) is 41.3 Å². The number of ether oxygens (including phenoxy) is 1. The number of benzene rings is 2. The maximum atomic E-state index is 12.4. The van der Waals surface area contributed by atoms with Crippen LogP contribution < -0.4 is 15.0 Å². The smallest absolute Gasteiger partial charge is 0.251 e. The third kappa shape index (κ3) is 5.19. The molecule has 170 valence electrons. The van der Waals surface area contributed by atoms with E-state index in [1.807, 2.05) is 30.3 Å². The Hall–Kier alpha value is -2.29. The molecule has 0 unspecified atom stereocenters. The fourth-order valence-corrected chi connectivity index (χ4v) is 5.62. The zero-order valence-corrected chi connectivity index (χ0v) is 20.5. The summed E-state index contributed by atoms with van der Waals surface area (Å²) in [6.45, 7) is 9.56. The van der Waals surface area contributed by atoms with Gasteiger partial charge in [-0.05, 0) is 48.6 Å². The van der Waals surface area contributed by atoms with Gasteiger partial charge in [0.25, 0.3) is 5.91 Å². The SMILES string of the molecule is CCSc1ccc(C(=O)NCCN2CCN(c3nc4c(OC)ccc(C)c4s3)CC2)cc1. The van der Waals surface area contributed by atoms with Gasteiger partial charge in [-0.3, -0.25) is 9.69 Å². The Morgan fingerprint density at radius 3 is 2.59 bits per heavy atom. The molecular formula is C24H30N4O2S2. The van der Waals surface area contributed by atoms with Crippen molar-refractivity contribution >= 4 is 44.4 Å². The van der Waals surface area contributed by atoms with E-state index in [9.17, 15) is 4.79 Å². The third-order valence-corrected chi connectivity index (χ3v) is 7.84. The topological polar surface area (TPSA) is 57.7 Å². The van der Waals surface area contributed by atoms with Gasteiger partial charge in [-0.15, -0.1) is 11.8 Å². The first-order valence-corrected chi connectivity index (χ1v) is 12.8. The predicted molar refractivity (Wildman–Crippen MR) is 135 cm³/mol. The van der Waals surface area contributed by atoms with Crippen LogP contribution in [0.4, 0.5) is 5.13 Å². The number of rotatable bonds is 8. The van der Waals surface area contributed by atoms with Crippen LogP contribution in [-0.2, 0) is 0 Å². The molecule has 1 aliphatic rings. The minimum atomic E-state index is -0.00419. The molecular weight excluding hydrogens is 440 g/mol. The van der Waals surface area contributed by atoms with Gasteiger partial charge in [-0.1, -0.05) is 24.3 Å². The monoisotopic (exact) mass is 470 g/mol. The van der Waals surface area contributed by atoms with Crippen LogP contribution in [0, 0.1) is 6.92 Å². The molecule has 8 heteroatoms. The Labute approximate surface area is 198 Å². The summed E-state index contributed by atoms with van der Waals surface area (Å²) in [7, 11) is 1.70. The molecule has 6 nitrogen and oxygen atoms in total. The Balaban J connectivity index is 1.26. The van der Waals surface area contributed by atoms with Crippen LogP contribution in [0.25, 0.3) is 10.2 Å². The predicted octanol–water partition coefficient (Wildman–Crippen LogP) is 4.28. The van der Waals surface area contributed by atoms with E-state index in [1.54, 1.807) is 30.2 Å². The lowest BCUT2D eigenvalue weighted by atomic mass is 10.2. The maximum Gasteiger partial charge on any atom is 0.251 e. The van der Waals surface area contributed by atoms with E-state index in [4.69, 9.17) is 9.72 Å². The van der Waals surface area contributed by atoms with Gasteiger partial charge in [-0.25, -0.2) is 4.98 Å². The molecule has 1 aromatic heterocycles. The number of fused-ring (bicyclic) bond motifs is 1. The van der Waals surface area contributed by atoms with Gasteiger partial charge >= 0.3 is 0 Å². The average molecular weight is 471 g/mol. The van der Waals surface area contributed by atoms with Gasteiger partial charge in [-0.2, -0.15) is 0 Å². The summed E-state index contributed by atoms with van der Waals surface area (Å²) in [6.07, 6.45) is 0. The summed E-state index contributed by atoms with van der Waals surface area (Å²) in [5.74, 6) is 1.86. The third-order valence-electron chi connectivity index (χ3n) is 5.70. The summed E-state index contributed by atoms with van der Waals surface area (Å²) in [4.78, 5) is 23.2. The zero-order chi connectivity index (χ0) is 22.5. The van der Waals surface area contributed by atoms with E-state index >= 15 is 0 Å². The van der Waals surface area contributed by atoms with E-state index < -0.39 is 0 Å². The zero-order valence-electron chi connectivity index (χ0n) is 18.9. The van der Waals surface area contributed by atoms with Crippen molar-refractivity contribution in [1.29, 1.82) is 0 Å². The first-order chi connectivity index (χ1) is 15.6. The van der Waals surface area contributed by atoms with Crippen LogP contribution in [0.5, 0.6) is 5.75 Å². The number of methoxy groups -OCH3 is 1. The fraction of sp³-hybridized carbons (Fsp3) is 0.417. The second-order valence-electron chi connectivity index (χ2n) is 7.80. The molecule has 1 saturated heterocycles. The largest absolute Gasteiger partial charge is 0.494 e. The van der Waals surface area contributed by atoms with Crippen molar-refractivity contribution in [2.24, 2.45) is 0 Å². The maximum absolute atomic E-state index is 12.4. The molecule has 0 radical (unpaired) electrons. The van der Waals surface area contributed by atoms with Gasteiger partial charge in [0, 0.05) is 49.7 Å². The number of aryl methyl sites for hydroxylation is 1. The second kappa shape index (κ2) is 10.6. The number of carbonyl (C=O) groups is 1. The molecule has 0 saturated carbocycles. The number of hydrogen-bond acceptors (Lipinski definition) is 7. The summed E-state index contributed by atoms with van der Waals surface area (Å²) in [6, 6.07) is 11.9. The molecule has 2 aromatic carbocycles. The van der Waals surface area contributed by atoms with E-state index in [1.165, 1.54) is 15.2 Å². The number of nitrogens with one attached hydrogen (secondary N) is 1. The van der Waals surface area contributed by atoms with Crippen molar-refractivity contribution in [1.82, 2.24) is 15.2 Å². The molecule has 4 rings (SSSR count). The summed E-state index contributed by atoms with van der Waals surface area (Å²) in [5, 5.41) is 4.11. The number of thiazole rings is 1. The molecule has 0 aliphatic carbocycles. The number of amides is 1. The highest BCUT2D eigenvalue weighted by molar-refractivity contribution is 7.99. The molecule has 1 N–H and O–H groups in total. The van der Waals surface area contributed by atoms with Crippen LogP contribution in [0.2, 0.25) is 0 Å². The second-order valence-corrected chi connectivity index (χ2v) is 10.1. The lowest BCUT2D eigenvalue weighted by molar-refractivity contribution is 0.0947. The van der Waals surface area contributed by atoms with Crippen molar-refractivity contribution in [3.63, 3.8) is 0 Å². The molecule has 0 bridgehead atoms. The molecule has 1 fully saturated rings. The van der Waals surface area contributed by atoms with Crippen LogP contribution in [0.1, 0.15) is 22.8 Å². The minimum absolute atomic E-state index is 0.00419. The van der Waals surface area contributed by atoms with Gasteiger partial charge in [0.05, 0.1) is 11.8 Å². The Bertz CT molecular complexity index is 1060. The van der Waals surface area contributed by atoms with Crippen molar-refractivity contribution < 1.29 is 9.53 Å². The normalized spacial score (nSPS) is 14.7. The Morgan fingerprint density at radius 2 is 1.91 bits per heavy atom. The summed E-state index contributed by atoms with van der Waals surface area (Å²) < 4.78 is 6.69. The van der Waals surface area contributed by atoms with Gasteiger partial charge in [0.15, 0.2) is 5.13 Å². The highest BCUT2D eigenvalue weighted by Crippen LogP contribution is 2.36. The lowest BCUT2D eigenvalue weighted by Gasteiger charge is -2.34. The first-order valence-electron chi connectivity index (χ1n) is 11.0. The number of aromatic nitrogens is 1. The number of anilines is 1. The van der Waals surface area contributed by atoms with Gasteiger partial charge in [0.2, 0.25) is 0 Å². The fourth-order valence-electron chi connectivity index (χ4n) is 3.86. The number of hydrogen-bond donors (Lipinski definition) is 1. The van der Waals surface area contributed by atoms with E-state index in [0.29, 0.717) is 6.54 Å². The van der Waals surface area contributed by atoms with Crippen molar-refractivity contribution in [2.75, 3.05) is 57.0 Å². The highest BCUT2D eigenvalue weighted by Gasteiger charge is 2.21. The molecule has 1 amide bonds. The van der Waals surface area contributed by atoms with Crippen LogP contribution in [0.3, 0.4) is 0 Å². The molecule has 3 aromatic rings. The van der Waals surface area contributed by atoms with Gasteiger partial charge in [0.1, 0.15) is 11.3 Å². The van der Waals surface area contributed by atoms with Crippen LogP contribution >= 0.6 is 23.1 Å². The quantitative estimate of drug-likeness (QED) is 0.496. The van der Waals surface area contributed by atoms with Crippen LogP contribution in [-0.4, -0.2) is 67.9 Å². The highest BCUT2D eigenvalue weighted by atomic mass is 32.2. The Kier molecular flexibility index (Phi) is 7.55. The molecule has 1 aliphatic heterocycles. The number of carbonyl (C=O) groups excluding carboxylic acids is 1. The van der Waals surface area contributed by atoms with Crippen molar-refractivity contribution in [2.45, 2.75) is 18.7 Å². The van der Waals surface area contributed by atoms with E-state index in [-0.39, 0.29) is 5.91 Å². The van der Waals surface area contributed by atoms with Crippen molar-refractivity contribution in [3.05, 3.63) is 47.5 Å². The van der Waals surface area contributed by atoms with E-state index in [2.05, 4.69) is 35.0 Å². The molecule has 0 spiro atoms. The average Bonchev–Trinajstić information content (AvgIpc) is 3.27. The van der Waals surface area contributed by atoms with E-state index in [0.717, 1.165) is 60.4 Å². The van der Waals surface area contributed by atoms with Crippen molar-refractivity contribution in [3.8, 4) is 5.75 Å². The number of thioether (sulfide) groups is 1. The number of piperazine rings is 1. The molecule has 32 heavy (non-hydrogen) atoms. The molecule has 2 heterocycles. The first kappa shape index (κ1) is 22.9. The minimum Gasteiger partial charge on any atom is -0.494 e. The molecule has 0 atom stereocenters. The van der Waals surface area contributed by atoms with Gasteiger partial charge < -0.3 is 15.0 Å². The number of nitrogens with zero attached hydrogens (tertiary/aromatic N) is 3. The summed E-state index contributed by atoms with van der Waals surface area (Å²) >= 11 is 3.52. The summed E-state index contributed by atoms with van der Waals surface area (Å²) in [5.41, 5.74) is 2.91. The Morgan fingerprint density at radius 1 is 1.16 bits per heavy atom. The lowest BCUT2D eigenvalue weighted by Crippen LogP contribution is -2.48.